The Kier molecular flexibility index (Phi) is 45.5. The van der Waals surface area contributed by atoms with E-state index in [9.17, 15) is 14.4 Å². The molecule has 0 amide bonds. The summed E-state index contributed by atoms with van der Waals surface area (Å²) in [6, 6.07) is 0. The van der Waals surface area contributed by atoms with Crippen molar-refractivity contribution in [1.29, 1.82) is 0 Å². The normalized spacial score (nSPS) is 12.8. The number of carbonyl (C=O) groups excluding carboxylic acids is 3. The van der Waals surface area contributed by atoms with Crippen molar-refractivity contribution in [2.24, 2.45) is 0 Å². The van der Waals surface area contributed by atoms with Crippen molar-refractivity contribution >= 4 is 17.9 Å². The van der Waals surface area contributed by atoms with Gasteiger partial charge >= 0.3 is 17.9 Å². The minimum Gasteiger partial charge on any atom is -0.462 e. The van der Waals surface area contributed by atoms with Crippen molar-refractivity contribution in [2.75, 3.05) is 13.2 Å². The number of rotatable bonds is 43. The van der Waals surface area contributed by atoms with E-state index in [0.29, 0.717) is 19.3 Å². The summed E-state index contributed by atoms with van der Waals surface area (Å²) in [5.74, 6) is -1.07. The molecule has 0 aliphatic rings. The topological polar surface area (TPSA) is 78.9 Å². The predicted molar refractivity (Wildman–Crippen MR) is 256 cm³/mol. The summed E-state index contributed by atoms with van der Waals surface area (Å²) < 4.78 is 16.6. The zero-order valence-electron chi connectivity index (χ0n) is 38.9. The van der Waals surface area contributed by atoms with E-state index < -0.39 is 12.1 Å². The van der Waals surface area contributed by atoms with Gasteiger partial charge in [-0.15, -0.1) is 0 Å². The van der Waals surface area contributed by atoms with E-state index in [-0.39, 0.29) is 38.0 Å². The van der Waals surface area contributed by atoms with Crippen LogP contribution in [-0.4, -0.2) is 37.2 Å². The number of unbranched alkanes of at least 4 members (excludes halogenated alkanes) is 22. The molecule has 6 heteroatoms. The van der Waals surface area contributed by atoms with Gasteiger partial charge in [0.2, 0.25) is 0 Å². The summed E-state index contributed by atoms with van der Waals surface area (Å²) >= 11 is 0. The molecule has 0 N–H and O–H groups in total. The van der Waals surface area contributed by atoms with E-state index >= 15 is 0 Å². The first kappa shape index (κ1) is 56.6. The number of hydrogen-bond donors (Lipinski definition) is 0. The van der Waals surface area contributed by atoms with Crippen LogP contribution in [0, 0.1) is 0 Å². The molecular weight excluding hydrogens is 745 g/mol. The van der Waals surface area contributed by atoms with E-state index in [1.54, 1.807) is 0 Å². The quantitative estimate of drug-likeness (QED) is 0.0200. The number of carbonyl (C=O) groups is 3. The van der Waals surface area contributed by atoms with Gasteiger partial charge in [-0.05, 0) is 51.4 Å². The fraction of sp³-hybridized carbons (Fsp3) is 0.685. The predicted octanol–water partition coefficient (Wildman–Crippen LogP) is 16.0. The fourth-order valence-corrected chi connectivity index (χ4v) is 6.58. The third kappa shape index (κ3) is 45.7. The molecule has 0 aliphatic heterocycles. The molecule has 0 spiro atoms. The Hall–Kier alpha value is -3.41. The van der Waals surface area contributed by atoms with E-state index in [4.69, 9.17) is 14.2 Å². The lowest BCUT2D eigenvalue weighted by atomic mass is 10.0. The highest BCUT2D eigenvalue weighted by Gasteiger charge is 2.19. The lowest BCUT2D eigenvalue weighted by Crippen LogP contribution is -2.30. The molecule has 342 valence electrons. The SMILES string of the molecule is CC/C=C/C=C/C=C/C=C/C=C/CCCC(=O)OC(COC(=O)CC/C=C/C/C=C/CCCCCCCC)COC(=O)CCCCCCCCCCCCCCCCCC. The van der Waals surface area contributed by atoms with Crippen LogP contribution in [0.3, 0.4) is 0 Å². The summed E-state index contributed by atoms with van der Waals surface area (Å²) in [5, 5.41) is 0. The number of esters is 3. The van der Waals surface area contributed by atoms with Gasteiger partial charge in [0.1, 0.15) is 13.2 Å². The second kappa shape index (κ2) is 48.3. The van der Waals surface area contributed by atoms with Gasteiger partial charge in [0.25, 0.3) is 0 Å². The maximum absolute atomic E-state index is 12.7. The van der Waals surface area contributed by atoms with Crippen molar-refractivity contribution in [2.45, 2.75) is 226 Å². The first-order chi connectivity index (χ1) is 29.5. The molecule has 0 heterocycles. The highest BCUT2D eigenvalue weighted by Crippen LogP contribution is 2.15. The number of ether oxygens (including phenoxy) is 3. The van der Waals surface area contributed by atoms with Gasteiger partial charge in [-0.2, -0.15) is 0 Å². The Morgan fingerprint density at radius 3 is 1.28 bits per heavy atom. The first-order valence-corrected chi connectivity index (χ1v) is 24.7. The van der Waals surface area contributed by atoms with Gasteiger partial charge < -0.3 is 14.2 Å². The minimum absolute atomic E-state index is 0.121. The minimum atomic E-state index is -0.833. The molecule has 60 heavy (non-hydrogen) atoms. The van der Waals surface area contributed by atoms with Crippen LogP contribution in [0.5, 0.6) is 0 Å². The summed E-state index contributed by atoms with van der Waals surface area (Å²) in [4.78, 5) is 37.8. The highest BCUT2D eigenvalue weighted by molar-refractivity contribution is 5.71. The van der Waals surface area contributed by atoms with E-state index in [1.165, 1.54) is 122 Å². The molecule has 0 aromatic rings. The monoisotopic (exact) mass is 835 g/mol. The molecule has 0 saturated heterocycles. The summed E-state index contributed by atoms with van der Waals surface area (Å²) in [5.41, 5.74) is 0. The molecule has 0 fully saturated rings. The molecular formula is C54H90O6. The zero-order valence-corrected chi connectivity index (χ0v) is 38.9. The Morgan fingerprint density at radius 2 is 0.767 bits per heavy atom. The summed E-state index contributed by atoms with van der Waals surface area (Å²) in [7, 11) is 0. The largest absolute Gasteiger partial charge is 0.462 e. The van der Waals surface area contributed by atoms with Crippen LogP contribution < -0.4 is 0 Å². The van der Waals surface area contributed by atoms with Crippen molar-refractivity contribution in [3.05, 3.63) is 85.1 Å². The Morgan fingerprint density at radius 1 is 0.367 bits per heavy atom. The van der Waals surface area contributed by atoms with Crippen LogP contribution in [0.4, 0.5) is 0 Å². The van der Waals surface area contributed by atoms with Gasteiger partial charge in [0.15, 0.2) is 6.10 Å². The molecule has 1 atom stereocenters. The Balaban J connectivity index is 4.52. The standard InChI is InChI=1S/C54H90O6/c1-4-7-10-13-16-19-22-25-26-27-30-32-35-38-41-44-47-53(56)59-50-51(60-54(57)48-45-42-39-36-33-29-24-21-18-15-12-9-6-3)49-58-52(55)46-43-40-37-34-31-28-23-20-17-14-11-8-5-2/h9,12,15,18,21,24,28-29,31,33,36-37,39-40,51H,4-8,10-11,13-14,16-17,19-20,22-23,25-27,30,32,34-35,38,41-50H2,1-3H3/b12-9+,18-15+,24-21+,31-28+,33-29+,39-36+,40-37+. The Labute approximate surface area is 369 Å². The third-order valence-corrected chi connectivity index (χ3v) is 10.3. The van der Waals surface area contributed by atoms with Gasteiger partial charge in [0, 0.05) is 19.3 Å². The second-order valence-corrected chi connectivity index (χ2v) is 16.1. The van der Waals surface area contributed by atoms with Crippen molar-refractivity contribution in [3.8, 4) is 0 Å². The molecule has 0 aromatic carbocycles. The van der Waals surface area contributed by atoms with Crippen LogP contribution in [0.1, 0.15) is 220 Å². The average Bonchev–Trinajstić information content (AvgIpc) is 3.24. The molecule has 0 aliphatic carbocycles. The molecule has 6 nitrogen and oxygen atoms in total. The lowest BCUT2D eigenvalue weighted by Gasteiger charge is -2.18. The van der Waals surface area contributed by atoms with Crippen LogP contribution in [-0.2, 0) is 28.6 Å². The average molecular weight is 835 g/mol. The molecule has 0 bridgehead atoms. The molecule has 0 saturated carbocycles. The molecule has 0 rings (SSSR count). The van der Waals surface area contributed by atoms with Gasteiger partial charge in [-0.3, -0.25) is 14.4 Å². The van der Waals surface area contributed by atoms with Crippen LogP contribution in [0.25, 0.3) is 0 Å². The Bertz CT molecular complexity index is 1190. The van der Waals surface area contributed by atoms with E-state index in [2.05, 4.69) is 45.1 Å². The summed E-state index contributed by atoms with van der Waals surface area (Å²) in [6.07, 6.45) is 61.6. The molecule has 1 unspecified atom stereocenters. The van der Waals surface area contributed by atoms with Crippen molar-refractivity contribution < 1.29 is 28.6 Å². The van der Waals surface area contributed by atoms with Crippen LogP contribution in [0.2, 0.25) is 0 Å². The lowest BCUT2D eigenvalue weighted by molar-refractivity contribution is -0.166. The second-order valence-electron chi connectivity index (χ2n) is 16.1. The summed E-state index contributed by atoms with van der Waals surface area (Å²) in [6.45, 7) is 6.36. The molecule has 0 radical (unpaired) electrons. The third-order valence-electron chi connectivity index (χ3n) is 10.3. The maximum atomic E-state index is 12.7. The maximum Gasteiger partial charge on any atom is 0.306 e. The van der Waals surface area contributed by atoms with Gasteiger partial charge in [-0.25, -0.2) is 0 Å². The number of allylic oxidation sites excluding steroid dienone is 14. The molecule has 0 aromatic heterocycles. The van der Waals surface area contributed by atoms with Crippen molar-refractivity contribution in [1.82, 2.24) is 0 Å². The van der Waals surface area contributed by atoms with Crippen LogP contribution >= 0.6 is 0 Å². The van der Waals surface area contributed by atoms with E-state index in [1.807, 2.05) is 60.8 Å². The van der Waals surface area contributed by atoms with Gasteiger partial charge in [-0.1, -0.05) is 234 Å². The van der Waals surface area contributed by atoms with Crippen LogP contribution in [0.15, 0.2) is 85.1 Å². The van der Waals surface area contributed by atoms with Gasteiger partial charge in [0.05, 0.1) is 0 Å². The zero-order chi connectivity index (χ0) is 43.7. The number of hydrogen-bond acceptors (Lipinski definition) is 6. The van der Waals surface area contributed by atoms with E-state index in [0.717, 1.165) is 44.9 Å². The van der Waals surface area contributed by atoms with Crippen molar-refractivity contribution in [3.63, 3.8) is 0 Å². The first-order valence-electron chi connectivity index (χ1n) is 24.7. The smallest absolute Gasteiger partial charge is 0.306 e. The highest BCUT2D eigenvalue weighted by atomic mass is 16.6. The fourth-order valence-electron chi connectivity index (χ4n) is 6.58.